The van der Waals surface area contributed by atoms with Crippen molar-refractivity contribution in [3.63, 3.8) is 0 Å². The molecule has 5 nitrogen and oxygen atoms in total. The van der Waals surface area contributed by atoms with Gasteiger partial charge in [-0.3, -0.25) is 0 Å². The fraction of sp³-hybridized carbons (Fsp3) is 0.133. The largest absolute Gasteiger partial charge is 0.493 e. The molecule has 1 aromatic carbocycles. The van der Waals surface area contributed by atoms with Crippen molar-refractivity contribution in [3.8, 4) is 16.2 Å². The third kappa shape index (κ3) is 2.51. The van der Waals surface area contributed by atoms with Crippen molar-refractivity contribution in [3.05, 3.63) is 41.3 Å². The third-order valence-electron chi connectivity index (χ3n) is 3.08. The molecule has 3 rings (SSSR count). The minimum atomic E-state index is 0.378. The number of nitrogens with zero attached hydrogens (tertiary/aromatic N) is 3. The summed E-state index contributed by atoms with van der Waals surface area (Å²) in [5.74, 6) is 0.758. The first-order valence-corrected chi connectivity index (χ1v) is 7.78. The van der Waals surface area contributed by atoms with Crippen LogP contribution in [0.4, 0.5) is 0 Å². The Labute approximate surface area is 135 Å². The summed E-state index contributed by atoms with van der Waals surface area (Å²) < 4.78 is 6.43. The summed E-state index contributed by atoms with van der Waals surface area (Å²) in [6, 6.07) is 7.69. The van der Waals surface area contributed by atoms with Crippen LogP contribution in [0.3, 0.4) is 0 Å². The van der Waals surface area contributed by atoms with Crippen LogP contribution in [-0.4, -0.2) is 28.0 Å². The van der Waals surface area contributed by atoms with Gasteiger partial charge in [0.15, 0.2) is 0 Å². The molecule has 7 heteroatoms. The number of halogens is 1. The highest BCUT2D eigenvalue weighted by Gasteiger charge is 2.19. The second-order valence-corrected chi connectivity index (χ2v) is 5.74. The monoisotopic (exact) mass is 333 g/mol. The van der Waals surface area contributed by atoms with Crippen molar-refractivity contribution in [2.45, 2.75) is 6.92 Å². The molecule has 0 saturated heterocycles. The van der Waals surface area contributed by atoms with E-state index < -0.39 is 0 Å². The zero-order valence-corrected chi connectivity index (χ0v) is 13.2. The first-order valence-electron chi connectivity index (χ1n) is 6.58. The first-order chi connectivity index (χ1) is 10.8. The number of hydrogen-bond acceptors (Lipinski definition) is 6. The van der Waals surface area contributed by atoms with Crippen LogP contribution in [-0.2, 0) is 0 Å². The summed E-state index contributed by atoms with van der Waals surface area (Å²) in [6.45, 7) is 2.49. The van der Waals surface area contributed by atoms with Gasteiger partial charge < -0.3 is 9.94 Å². The number of rotatable bonds is 4. The Balaban J connectivity index is 2.31. The first kappa shape index (κ1) is 14.7. The molecule has 0 aliphatic heterocycles. The quantitative estimate of drug-likeness (QED) is 0.336. The lowest BCUT2D eigenvalue weighted by molar-refractivity contribution is 0.322. The molecule has 0 bridgehead atoms. The number of oxime groups is 1. The van der Waals surface area contributed by atoms with Gasteiger partial charge in [0.05, 0.1) is 23.0 Å². The predicted octanol–water partition coefficient (Wildman–Crippen LogP) is 4.22. The number of aromatic nitrogens is 2. The molecule has 22 heavy (non-hydrogen) atoms. The van der Waals surface area contributed by atoms with E-state index in [0.29, 0.717) is 22.8 Å². The molecular formula is C15H12ClN3O2S. The summed E-state index contributed by atoms with van der Waals surface area (Å²) in [5, 5.41) is 12.5. The lowest BCUT2D eigenvalue weighted by Gasteiger charge is -2.09. The second-order valence-electron chi connectivity index (χ2n) is 4.36. The molecule has 1 N–H and O–H groups in total. The lowest BCUT2D eigenvalue weighted by Crippen LogP contribution is -1.94. The summed E-state index contributed by atoms with van der Waals surface area (Å²) >= 11 is 7.60. The van der Waals surface area contributed by atoms with Gasteiger partial charge in [-0.1, -0.05) is 28.9 Å². The molecule has 0 fully saturated rings. The Kier molecular flexibility index (Phi) is 4.22. The minimum Gasteiger partial charge on any atom is -0.493 e. The maximum absolute atomic E-state index is 8.98. The zero-order chi connectivity index (χ0) is 15.5. The van der Waals surface area contributed by atoms with Gasteiger partial charge in [0.25, 0.3) is 0 Å². The molecule has 0 atom stereocenters. The summed E-state index contributed by atoms with van der Waals surface area (Å²) in [4.78, 5) is 9.13. The van der Waals surface area contributed by atoms with Crippen LogP contribution in [0.1, 0.15) is 12.5 Å². The molecule has 0 radical (unpaired) electrons. The van der Waals surface area contributed by atoms with E-state index in [1.54, 1.807) is 0 Å². The van der Waals surface area contributed by atoms with Gasteiger partial charge in [-0.15, -0.1) is 11.3 Å². The van der Waals surface area contributed by atoms with E-state index in [1.165, 1.54) is 23.9 Å². The molecular weight excluding hydrogens is 322 g/mol. The molecule has 0 spiro atoms. The zero-order valence-electron chi connectivity index (χ0n) is 11.7. The molecule has 112 valence electrons. The Bertz CT molecular complexity index is 848. The van der Waals surface area contributed by atoms with Gasteiger partial charge >= 0.3 is 0 Å². The molecule has 0 aliphatic rings. The van der Waals surface area contributed by atoms with Crippen molar-refractivity contribution in [2.75, 3.05) is 6.61 Å². The van der Waals surface area contributed by atoms with Crippen molar-refractivity contribution in [1.29, 1.82) is 0 Å². The van der Waals surface area contributed by atoms with Crippen LogP contribution in [0.2, 0.25) is 5.15 Å². The highest BCUT2D eigenvalue weighted by Crippen LogP contribution is 2.42. The molecule has 0 amide bonds. The SMILES string of the molecule is CCOc1ccccc1-c1sc2c(Cl)ncnc2c1C=NO. The van der Waals surface area contributed by atoms with Gasteiger partial charge in [0.1, 0.15) is 17.2 Å². The van der Waals surface area contributed by atoms with Crippen LogP contribution in [0.5, 0.6) is 5.75 Å². The number of benzene rings is 1. The van der Waals surface area contributed by atoms with E-state index in [-0.39, 0.29) is 0 Å². The number of hydrogen-bond donors (Lipinski definition) is 1. The third-order valence-corrected chi connectivity index (χ3v) is 4.72. The average Bonchev–Trinajstić information content (AvgIpc) is 2.89. The summed E-state index contributed by atoms with van der Waals surface area (Å²) in [5.41, 5.74) is 2.25. The van der Waals surface area contributed by atoms with Crippen molar-refractivity contribution in [1.82, 2.24) is 9.97 Å². The second kappa shape index (κ2) is 6.29. The van der Waals surface area contributed by atoms with Gasteiger partial charge in [-0.2, -0.15) is 0 Å². The van der Waals surface area contributed by atoms with Crippen molar-refractivity contribution >= 4 is 39.4 Å². The fourth-order valence-electron chi connectivity index (χ4n) is 2.21. The lowest BCUT2D eigenvalue weighted by atomic mass is 10.1. The van der Waals surface area contributed by atoms with E-state index in [4.69, 9.17) is 21.5 Å². The molecule has 0 unspecified atom stereocenters. The summed E-state index contributed by atoms with van der Waals surface area (Å²) in [7, 11) is 0. The van der Waals surface area contributed by atoms with E-state index >= 15 is 0 Å². The highest BCUT2D eigenvalue weighted by molar-refractivity contribution is 7.23. The van der Waals surface area contributed by atoms with Gasteiger partial charge in [0, 0.05) is 16.0 Å². The molecule has 3 aromatic rings. The van der Waals surface area contributed by atoms with Crippen LogP contribution in [0.15, 0.2) is 35.7 Å². The summed E-state index contributed by atoms with van der Waals surface area (Å²) in [6.07, 6.45) is 2.75. The number of fused-ring (bicyclic) bond motifs is 1. The van der Waals surface area contributed by atoms with Crippen molar-refractivity contribution < 1.29 is 9.94 Å². The maximum atomic E-state index is 8.98. The topological polar surface area (TPSA) is 67.6 Å². The number of para-hydroxylation sites is 1. The van der Waals surface area contributed by atoms with Gasteiger partial charge in [0.2, 0.25) is 0 Å². The normalized spacial score (nSPS) is 11.4. The fourth-order valence-corrected chi connectivity index (χ4v) is 3.60. The number of thiophene rings is 1. The van der Waals surface area contributed by atoms with E-state index in [2.05, 4.69) is 15.1 Å². The molecule has 0 aliphatic carbocycles. The maximum Gasteiger partial charge on any atom is 0.150 e. The highest BCUT2D eigenvalue weighted by atomic mass is 35.5. The van der Waals surface area contributed by atoms with E-state index in [9.17, 15) is 0 Å². The van der Waals surface area contributed by atoms with E-state index in [0.717, 1.165) is 20.9 Å². The Morgan fingerprint density at radius 2 is 2.18 bits per heavy atom. The van der Waals surface area contributed by atoms with Gasteiger partial charge in [-0.05, 0) is 19.1 Å². The Morgan fingerprint density at radius 3 is 2.95 bits per heavy atom. The minimum absolute atomic E-state index is 0.378. The average molecular weight is 334 g/mol. The van der Waals surface area contributed by atoms with Crippen LogP contribution < -0.4 is 4.74 Å². The number of ether oxygens (including phenoxy) is 1. The van der Waals surface area contributed by atoms with Crippen LogP contribution in [0, 0.1) is 0 Å². The molecule has 2 aromatic heterocycles. The van der Waals surface area contributed by atoms with Gasteiger partial charge in [-0.25, -0.2) is 9.97 Å². The van der Waals surface area contributed by atoms with E-state index in [1.807, 2.05) is 31.2 Å². The van der Waals surface area contributed by atoms with Crippen molar-refractivity contribution in [2.24, 2.45) is 5.16 Å². The smallest absolute Gasteiger partial charge is 0.150 e. The van der Waals surface area contributed by atoms with Crippen LogP contribution in [0.25, 0.3) is 20.7 Å². The molecule has 0 saturated carbocycles. The Morgan fingerprint density at radius 1 is 1.36 bits per heavy atom. The molecule has 2 heterocycles. The predicted molar refractivity (Wildman–Crippen MR) is 88.4 cm³/mol. The Hall–Kier alpha value is -2.18. The standard InChI is InChI=1S/C15H12ClN3O2S/c1-2-21-11-6-4-3-5-9(11)13-10(7-19-20)12-14(22-13)15(16)18-8-17-12/h3-8,20H,2H2,1H3. The van der Waals surface area contributed by atoms with Crippen LogP contribution >= 0.6 is 22.9 Å².